The van der Waals surface area contributed by atoms with Crippen LogP contribution in [-0.4, -0.2) is 43.1 Å². The van der Waals surface area contributed by atoms with E-state index < -0.39 is 6.04 Å². The zero-order valence-corrected chi connectivity index (χ0v) is 15.1. The summed E-state index contributed by atoms with van der Waals surface area (Å²) in [7, 11) is 0. The molecular weight excluding hydrogens is 342 g/mol. The third-order valence-electron chi connectivity index (χ3n) is 5.03. The van der Waals surface area contributed by atoms with Crippen molar-refractivity contribution in [2.45, 2.75) is 18.9 Å². The minimum absolute atomic E-state index is 0.0877. The van der Waals surface area contributed by atoms with Gasteiger partial charge in [-0.15, -0.1) is 0 Å². The van der Waals surface area contributed by atoms with Crippen LogP contribution in [0.4, 0.5) is 16.2 Å². The largest absolute Gasteiger partial charge is 0.447 e. The SMILES string of the molecule is O=C([C@H](Nc1cccc(N2CCOC2=O)c1)c1ccccc1)N1CCCC1. The molecule has 2 aromatic rings. The smallest absolute Gasteiger partial charge is 0.414 e. The second-order valence-electron chi connectivity index (χ2n) is 6.84. The van der Waals surface area contributed by atoms with Crippen LogP contribution >= 0.6 is 0 Å². The highest BCUT2D eigenvalue weighted by molar-refractivity contribution is 5.90. The predicted octanol–water partition coefficient (Wildman–Crippen LogP) is 3.42. The van der Waals surface area contributed by atoms with Crippen molar-refractivity contribution in [2.75, 3.05) is 36.5 Å². The molecule has 2 aliphatic rings. The summed E-state index contributed by atoms with van der Waals surface area (Å²) in [6.45, 7) is 2.56. The van der Waals surface area contributed by atoms with E-state index in [0.717, 1.165) is 42.9 Å². The Hall–Kier alpha value is -3.02. The number of carbonyl (C=O) groups excluding carboxylic acids is 2. The molecule has 0 unspecified atom stereocenters. The third kappa shape index (κ3) is 3.74. The Balaban J connectivity index is 1.60. The maximum atomic E-state index is 13.1. The number of benzene rings is 2. The molecule has 1 atom stereocenters. The maximum Gasteiger partial charge on any atom is 0.414 e. The molecule has 4 rings (SSSR count). The number of hydrogen-bond donors (Lipinski definition) is 1. The van der Waals surface area contributed by atoms with Crippen LogP contribution in [0.2, 0.25) is 0 Å². The van der Waals surface area contributed by atoms with Crippen molar-refractivity contribution in [1.29, 1.82) is 0 Å². The second kappa shape index (κ2) is 7.70. The molecule has 2 heterocycles. The zero-order chi connectivity index (χ0) is 18.6. The quantitative estimate of drug-likeness (QED) is 0.882. The van der Waals surface area contributed by atoms with E-state index >= 15 is 0 Å². The maximum absolute atomic E-state index is 13.1. The number of cyclic esters (lactones) is 1. The van der Waals surface area contributed by atoms with Crippen LogP contribution in [0.15, 0.2) is 54.6 Å². The van der Waals surface area contributed by atoms with E-state index in [-0.39, 0.29) is 12.0 Å². The average molecular weight is 365 g/mol. The molecule has 6 heteroatoms. The summed E-state index contributed by atoms with van der Waals surface area (Å²) in [5, 5.41) is 3.38. The summed E-state index contributed by atoms with van der Waals surface area (Å²) < 4.78 is 5.02. The van der Waals surface area contributed by atoms with Crippen molar-refractivity contribution in [3.63, 3.8) is 0 Å². The molecule has 6 nitrogen and oxygen atoms in total. The lowest BCUT2D eigenvalue weighted by molar-refractivity contribution is -0.131. The molecule has 0 saturated carbocycles. The number of rotatable bonds is 5. The van der Waals surface area contributed by atoms with E-state index in [9.17, 15) is 9.59 Å². The lowest BCUT2D eigenvalue weighted by atomic mass is 10.0. The highest BCUT2D eigenvalue weighted by Gasteiger charge is 2.28. The van der Waals surface area contributed by atoms with E-state index in [0.29, 0.717) is 13.2 Å². The average Bonchev–Trinajstić information content (AvgIpc) is 3.38. The fourth-order valence-electron chi connectivity index (χ4n) is 3.61. The van der Waals surface area contributed by atoms with E-state index in [1.807, 2.05) is 59.5 Å². The Labute approximate surface area is 158 Å². The highest BCUT2D eigenvalue weighted by Crippen LogP contribution is 2.27. The molecule has 2 saturated heterocycles. The normalized spacial score (nSPS) is 17.7. The van der Waals surface area contributed by atoms with Gasteiger partial charge in [0.15, 0.2) is 0 Å². The first kappa shape index (κ1) is 17.4. The number of hydrogen-bond acceptors (Lipinski definition) is 4. The van der Waals surface area contributed by atoms with E-state index in [1.54, 1.807) is 4.90 Å². The summed E-state index contributed by atoms with van der Waals surface area (Å²) in [6.07, 6.45) is 1.78. The van der Waals surface area contributed by atoms with Gasteiger partial charge in [0.1, 0.15) is 12.6 Å². The zero-order valence-electron chi connectivity index (χ0n) is 15.1. The first-order chi connectivity index (χ1) is 13.2. The molecule has 27 heavy (non-hydrogen) atoms. The molecule has 1 N–H and O–H groups in total. The van der Waals surface area contributed by atoms with Crippen molar-refractivity contribution >= 4 is 23.4 Å². The van der Waals surface area contributed by atoms with Crippen molar-refractivity contribution in [3.05, 3.63) is 60.2 Å². The van der Waals surface area contributed by atoms with E-state index in [2.05, 4.69) is 5.32 Å². The second-order valence-corrected chi connectivity index (χ2v) is 6.84. The Kier molecular flexibility index (Phi) is 4.96. The first-order valence-corrected chi connectivity index (χ1v) is 9.37. The molecular formula is C21H23N3O3. The Morgan fingerprint density at radius 2 is 1.78 bits per heavy atom. The van der Waals surface area contributed by atoms with Crippen LogP contribution < -0.4 is 10.2 Å². The van der Waals surface area contributed by atoms with Gasteiger partial charge in [0.05, 0.1) is 6.54 Å². The van der Waals surface area contributed by atoms with Gasteiger partial charge in [-0.3, -0.25) is 9.69 Å². The number of amides is 2. The molecule has 0 aromatic heterocycles. The number of likely N-dealkylation sites (tertiary alicyclic amines) is 1. The fourth-order valence-corrected chi connectivity index (χ4v) is 3.61. The summed E-state index contributed by atoms with van der Waals surface area (Å²) in [5.41, 5.74) is 2.50. The number of ether oxygens (including phenoxy) is 1. The summed E-state index contributed by atoms with van der Waals surface area (Å²) in [5.74, 6) is 0.0877. The van der Waals surface area contributed by atoms with Crippen LogP contribution in [0, 0.1) is 0 Å². The minimum Gasteiger partial charge on any atom is -0.447 e. The van der Waals surface area contributed by atoms with Gasteiger partial charge in [0.25, 0.3) is 0 Å². The molecule has 0 aliphatic carbocycles. The van der Waals surface area contributed by atoms with Gasteiger partial charge < -0.3 is 15.0 Å². The molecule has 2 fully saturated rings. The molecule has 0 radical (unpaired) electrons. The lowest BCUT2D eigenvalue weighted by Crippen LogP contribution is -2.36. The number of nitrogens with zero attached hydrogens (tertiary/aromatic N) is 2. The van der Waals surface area contributed by atoms with Crippen LogP contribution in [0.5, 0.6) is 0 Å². The third-order valence-corrected chi connectivity index (χ3v) is 5.03. The van der Waals surface area contributed by atoms with E-state index in [4.69, 9.17) is 4.74 Å². The molecule has 0 bridgehead atoms. The fraction of sp³-hybridized carbons (Fsp3) is 0.333. The summed E-state index contributed by atoms with van der Waals surface area (Å²) in [6, 6.07) is 16.9. The minimum atomic E-state index is -0.454. The van der Waals surface area contributed by atoms with Gasteiger partial charge in [0, 0.05) is 24.5 Å². The molecule has 140 valence electrons. The standard InChI is InChI=1S/C21H23N3O3/c25-20(23-11-4-5-12-23)19(16-7-2-1-3-8-16)22-17-9-6-10-18(15-17)24-13-14-27-21(24)26/h1-3,6-10,15,19,22H,4-5,11-14H2/t19-/m1/s1. The number of nitrogens with one attached hydrogen (secondary N) is 1. The van der Waals surface area contributed by atoms with Gasteiger partial charge in [-0.25, -0.2) is 4.79 Å². The molecule has 2 amide bonds. The van der Waals surface area contributed by atoms with Crippen molar-refractivity contribution < 1.29 is 14.3 Å². The number of carbonyl (C=O) groups is 2. The van der Waals surface area contributed by atoms with Crippen molar-refractivity contribution in [2.24, 2.45) is 0 Å². The summed E-state index contributed by atoms with van der Waals surface area (Å²) in [4.78, 5) is 28.5. The number of anilines is 2. The van der Waals surface area contributed by atoms with Crippen LogP contribution in [0.25, 0.3) is 0 Å². The topological polar surface area (TPSA) is 61.9 Å². The van der Waals surface area contributed by atoms with Gasteiger partial charge >= 0.3 is 6.09 Å². The predicted molar refractivity (Wildman–Crippen MR) is 104 cm³/mol. The molecule has 2 aromatic carbocycles. The van der Waals surface area contributed by atoms with E-state index in [1.165, 1.54) is 0 Å². The van der Waals surface area contributed by atoms with Gasteiger partial charge in [-0.1, -0.05) is 36.4 Å². The van der Waals surface area contributed by atoms with Gasteiger partial charge in [-0.2, -0.15) is 0 Å². The van der Waals surface area contributed by atoms with Crippen molar-refractivity contribution in [1.82, 2.24) is 4.90 Å². The monoisotopic (exact) mass is 365 g/mol. The Morgan fingerprint density at radius 3 is 2.48 bits per heavy atom. The lowest BCUT2D eigenvalue weighted by Gasteiger charge is -2.25. The van der Waals surface area contributed by atoms with Crippen LogP contribution in [-0.2, 0) is 9.53 Å². The molecule has 2 aliphatic heterocycles. The van der Waals surface area contributed by atoms with Crippen LogP contribution in [0.1, 0.15) is 24.4 Å². The highest BCUT2D eigenvalue weighted by atomic mass is 16.6. The Morgan fingerprint density at radius 1 is 1.00 bits per heavy atom. The first-order valence-electron chi connectivity index (χ1n) is 9.37. The molecule has 0 spiro atoms. The van der Waals surface area contributed by atoms with Gasteiger partial charge in [0.2, 0.25) is 5.91 Å². The van der Waals surface area contributed by atoms with Crippen molar-refractivity contribution in [3.8, 4) is 0 Å². The Bertz CT molecular complexity index is 818. The summed E-state index contributed by atoms with van der Waals surface area (Å²) >= 11 is 0. The van der Waals surface area contributed by atoms with Crippen LogP contribution in [0.3, 0.4) is 0 Å². The van der Waals surface area contributed by atoms with Gasteiger partial charge in [-0.05, 0) is 36.6 Å².